The van der Waals surface area contributed by atoms with Gasteiger partial charge in [-0.1, -0.05) is 25.3 Å². The number of aromatic nitrogens is 3. The first-order chi connectivity index (χ1) is 10.8. The van der Waals surface area contributed by atoms with Crippen molar-refractivity contribution in [1.29, 1.82) is 5.26 Å². The van der Waals surface area contributed by atoms with Crippen LogP contribution in [-0.2, 0) is 5.54 Å². The number of rotatable bonds is 4. The molecule has 112 valence electrons. The molecule has 1 saturated carbocycles. The maximum atomic E-state index is 10.0. The van der Waals surface area contributed by atoms with E-state index in [0.29, 0.717) is 17.4 Å². The van der Waals surface area contributed by atoms with E-state index in [1.165, 1.54) is 25.6 Å². The van der Waals surface area contributed by atoms with Crippen molar-refractivity contribution in [2.24, 2.45) is 0 Å². The Morgan fingerprint density at radius 3 is 2.50 bits per heavy atom. The first kappa shape index (κ1) is 14.6. The highest BCUT2D eigenvalue weighted by atomic mass is 15.1. The number of nitrogens with zero attached hydrogens (tertiary/aromatic N) is 4. The van der Waals surface area contributed by atoms with E-state index in [1.54, 1.807) is 18.5 Å². The summed E-state index contributed by atoms with van der Waals surface area (Å²) in [5.41, 5.74) is 0.308. The van der Waals surface area contributed by atoms with Crippen LogP contribution in [0.25, 0.3) is 0 Å². The van der Waals surface area contributed by atoms with E-state index in [1.807, 2.05) is 18.2 Å². The molecule has 0 bridgehead atoms. The molecule has 0 spiro atoms. The number of nitriles is 1. The Hall–Kier alpha value is -2.32. The summed E-state index contributed by atoms with van der Waals surface area (Å²) < 4.78 is 0. The van der Waals surface area contributed by atoms with Crippen molar-refractivity contribution in [2.45, 2.75) is 43.7 Å². The smallest absolute Gasteiger partial charge is 0.192 e. The van der Waals surface area contributed by atoms with Crippen molar-refractivity contribution in [3.63, 3.8) is 0 Å². The maximum Gasteiger partial charge on any atom is 0.192 e. The fraction of sp³-hybridized carbons (Fsp3) is 0.412. The second-order valence-electron chi connectivity index (χ2n) is 5.65. The summed E-state index contributed by atoms with van der Waals surface area (Å²) in [7, 11) is 0. The molecule has 5 nitrogen and oxygen atoms in total. The summed E-state index contributed by atoms with van der Waals surface area (Å²) in [5.74, 6) is 0. The van der Waals surface area contributed by atoms with Gasteiger partial charge in [0.1, 0.15) is 6.33 Å². The van der Waals surface area contributed by atoms with E-state index in [4.69, 9.17) is 0 Å². The zero-order valence-corrected chi connectivity index (χ0v) is 12.4. The molecular formula is C17H19N5. The van der Waals surface area contributed by atoms with E-state index in [0.717, 1.165) is 12.8 Å². The average molecular weight is 293 g/mol. The Balaban J connectivity index is 2.03. The van der Waals surface area contributed by atoms with Crippen LogP contribution in [0.15, 0.2) is 43.0 Å². The van der Waals surface area contributed by atoms with Crippen molar-refractivity contribution in [3.05, 3.63) is 54.4 Å². The lowest BCUT2D eigenvalue weighted by molar-refractivity contribution is 0.316. The SMILES string of the molecule is N#CC(NC1CCCCC1)(c1ccccn1)c1ccncn1. The molecule has 0 amide bonds. The molecular weight excluding hydrogens is 274 g/mol. The third-order valence-electron chi connectivity index (χ3n) is 4.21. The standard InChI is InChI=1S/C17H19N5/c18-12-17(15-8-4-5-10-20-15,16-9-11-19-13-21-16)22-14-6-2-1-3-7-14/h4-5,8-11,13-14,22H,1-3,6-7H2. The Kier molecular flexibility index (Phi) is 4.40. The van der Waals surface area contributed by atoms with Crippen LogP contribution in [0.4, 0.5) is 0 Å². The highest BCUT2D eigenvalue weighted by molar-refractivity contribution is 5.37. The van der Waals surface area contributed by atoms with Crippen LogP contribution < -0.4 is 5.32 Å². The van der Waals surface area contributed by atoms with Crippen LogP contribution in [0, 0.1) is 11.3 Å². The minimum absolute atomic E-state index is 0.311. The van der Waals surface area contributed by atoms with E-state index in [-0.39, 0.29) is 0 Å². The van der Waals surface area contributed by atoms with Gasteiger partial charge in [-0.05, 0) is 31.0 Å². The first-order valence-corrected chi connectivity index (χ1v) is 7.72. The maximum absolute atomic E-state index is 10.0. The molecule has 0 aromatic carbocycles. The van der Waals surface area contributed by atoms with Crippen molar-refractivity contribution in [2.75, 3.05) is 0 Å². The lowest BCUT2D eigenvalue weighted by atomic mass is 9.87. The molecule has 5 heteroatoms. The molecule has 0 aliphatic heterocycles. The zero-order valence-electron chi connectivity index (χ0n) is 12.4. The number of hydrogen-bond donors (Lipinski definition) is 1. The van der Waals surface area contributed by atoms with Crippen LogP contribution in [0.1, 0.15) is 43.5 Å². The van der Waals surface area contributed by atoms with Gasteiger partial charge >= 0.3 is 0 Å². The van der Waals surface area contributed by atoms with Crippen LogP contribution >= 0.6 is 0 Å². The number of pyridine rings is 1. The molecule has 0 radical (unpaired) electrons. The summed E-state index contributed by atoms with van der Waals surface area (Å²) in [5, 5.41) is 13.5. The Morgan fingerprint density at radius 2 is 1.86 bits per heavy atom. The molecule has 3 rings (SSSR count). The highest BCUT2D eigenvalue weighted by Gasteiger charge is 2.39. The van der Waals surface area contributed by atoms with Gasteiger partial charge in [0.25, 0.3) is 0 Å². The summed E-state index contributed by atoms with van der Waals surface area (Å²) >= 11 is 0. The minimum atomic E-state index is -1.02. The van der Waals surface area contributed by atoms with Gasteiger partial charge < -0.3 is 0 Å². The van der Waals surface area contributed by atoms with Gasteiger partial charge in [-0.15, -0.1) is 0 Å². The van der Waals surface area contributed by atoms with E-state index in [9.17, 15) is 5.26 Å². The van der Waals surface area contributed by atoms with Crippen molar-refractivity contribution < 1.29 is 0 Å². The van der Waals surface area contributed by atoms with Crippen LogP contribution in [0.2, 0.25) is 0 Å². The molecule has 0 saturated heterocycles. The largest absolute Gasteiger partial charge is 0.286 e. The predicted octanol–water partition coefficient (Wildman–Crippen LogP) is 2.56. The minimum Gasteiger partial charge on any atom is -0.286 e. The fourth-order valence-electron chi connectivity index (χ4n) is 3.08. The van der Waals surface area contributed by atoms with E-state index in [2.05, 4.69) is 26.3 Å². The van der Waals surface area contributed by atoms with Gasteiger partial charge in [0.05, 0.1) is 17.5 Å². The van der Waals surface area contributed by atoms with Gasteiger partial charge in [-0.25, -0.2) is 9.97 Å². The zero-order chi connectivity index (χ0) is 15.3. The van der Waals surface area contributed by atoms with E-state index < -0.39 is 5.54 Å². The quantitative estimate of drug-likeness (QED) is 0.937. The van der Waals surface area contributed by atoms with Gasteiger partial charge in [0.2, 0.25) is 0 Å². The van der Waals surface area contributed by atoms with Gasteiger partial charge in [-0.3, -0.25) is 10.3 Å². The average Bonchev–Trinajstić information content (AvgIpc) is 2.62. The monoisotopic (exact) mass is 293 g/mol. The fourth-order valence-corrected chi connectivity index (χ4v) is 3.08. The van der Waals surface area contributed by atoms with Crippen molar-refractivity contribution in [3.8, 4) is 6.07 Å². The Bertz CT molecular complexity index is 590. The molecule has 1 aliphatic carbocycles. The molecule has 2 heterocycles. The van der Waals surface area contributed by atoms with Crippen LogP contribution in [-0.4, -0.2) is 21.0 Å². The number of hydrogen-bond acceptors (Lipinski definition) is 5. The lowest BCUT2D eigenvalue weighted by Gasteiger charge is -2.33. The second-order valence-corrected chi connectivity index (χ2v) is 5.65. The van der Waals surface area contributed by atoms with Crippen molar-refractivity contribution >= 4 is 0 Å². The molecule has 1 aliphatic rings. The topological polar surface area (TPSA) is 74.5 Å². The third kappa shape index (κ3) is 2.83. The van der Waals surface area contributed by atoms with Gasteiger partial charge in [0.15, 0.2) is 5.54 Å². The molecule has 2 aromatic rings. The molecule has 22 heavy (non-hydrogen) atoms. The molecule has 1 unspecified atom stereocenters. The lowest BCUT2D eigenvalue weighted by Crippen LogP contribution is -2.49. The van der Waals surface area contributed by atoms with Crippen LogP contribution in [0.3, 0.4) is 0 Å². The van der Waals surface area contributed by atoms with Crippen molar-refractivity contribution in [1.82, 2.24) is 20.3 Å². The highest BCUT2D eigenvalue weighted by Crippen LogP contribution is 2.29. The summed E-state index contributed by atoms with van der Waals surface area (Å²) in [6.45, 7) is 0. The summed E-state index contributed by atoms with van der Waals surface area (Å²) in [6.07, 6.45) is 10.7. The Morgan fingerprint density at radius 1 is 1.05 bits per heavy atom. The summed E-state index contributed by atoms with van der Waals surface area (Å²) in [4.78, 5) is 12.7. The van der Waals surface area contributed by atoms with Crippen LogP contribution in [0.5, 0.6) is 0 Å². The molecule has 1 N–H and O–H groups in total. The van der Waals surface area contributed by atoms with Gasteiger partial charge in [-0.2, -0.15) is 5.26 Å². The normalized spacial score (nSPS) is 18.3. The van der Waals surface area contributed by atoms with E-state index >= 15 is 0 Å². The second kappa shape index (κ2) is 6.63. The van der Waals surface area contributed by atoms with Gasteiger partial charge in [0, 0.05) is 18.4 Å². The third-order valence-corrected chi connectivity index (χ3v) is 4.21. The predicted molar refractivity (Wildman–Crippen MR) is 82.7 cm³/mol. The number of nitrogens with one attached hydrogen (secondary N) is 1. The molecule has 1 atom stereocenters. The first-order valence-electron chi connectivity index (χ1n) is 7.72. The summed E-state index contributed by atoms with van der Waals surface area (Å²) in [6, 6.07) is 10.2. The Labute approximate surface area is 130 Å². The molecule has 2 aromatic heterocycles. The molecule has 1 fully saturated rings.